The molecule has 2 aromatic rings. The summed E-state index contributed by atoms with van der Waals surface area (Å²) in [5.74, 6) is -0.378. The van der Waals surface area contributed by atoms with Gasteiger partial charge < -0.3 is 9.84 Å². The number of carbonyl (C=O) groups excluding carboxylic acids is 1. The molecule has 4 heteroatoms. The van der Waals surface area contributed by atoms with Crippen LogP contribution in [0, 0.1) is 5.92 Å². The maximum atomic E-state index is 12.7. The van der Waals surface area contributed by atoms with Gasteiger partial charge in [-0.05, 0) is 73.4 Å². The van der Waals surface area contributed by atoms with Gasteiger partial charge >= 0.3 is 11.9 Å². The summed E-state index contributed by atoms with van der Waals surface area (Å²) < 4.78 is 5.69. The van der Waals surface area contributed by atoms with Gasteiger partial charge in [-0.2, -0.15) is 0 Å². The van der Waals surface area contributed by atoms with Crippen molar-refractivity contribution in [1.82, 2.24) is 0 Å². The molecule has 3 rings (SSSR count). The van der Waals surface area contributed by atoms with Crippen LogP contribution in [0.15, 0.2) is 71.8 Å². The van der Waals surface area contributed by atoms with Crippen LogP contribution in [0.3, 0.4) is 0 Å². The number of benzene rings is 2. The Morgan fingerprint density at radius 3 is 2.22 bits per heavy atom. The number of aliphatic carboxylic acids is 1. The highest BCUT2D eigenvalue weighted by Gasteiger charge is 2.39. The highest BCUT2D eigenvalue weighted by atomic mass is 16.5. The van der Waals surface area contributed by atoms with E-state index in [1.807, 2.05) is 55.5 Å². The summed E-state index contributed by atoms with van der Waals surface area (Å²) in [6.07, 6.45) is 13.2. The molecule has 1 aliphatic carbocycles. The largest absolute Gasteiger partial charge is 0.478 e. The summed E-state index contributed by atoms with van der Waals surface area (Å²) in [6.45, 7) is 8.68. The first-order chi connectivity index (χ1) is 17.8. The highest BCUT2D eigenvalue weighted by Crippen LogP contribution is 2.46. The Morgan fingerprint density at radius 1 is 0.946 bits per heavy atom. The average Bonchev–Trinajstić information content (AvgIpc) is 2.92. The van der Waals surface area contributed by atoms with Gasteiger partial charge in [-0.3, -0.25) is 0 Å². The van der Waals surface area contributed by atoms with E-state index in [0.29, 0.717) is 35.6 Å². The molecule has 0 saturated carbocycles. The van der Waals surface area contributed by atoms with E-state index in [2.05, 4.69) is 26.8 Å². The van der Waals surface area contributed by atoms with Gasteiger partial charge in [0.2, 0.25) is 0 Å². The topological polar surface area (TPSA) is 63.6 Å². The molecule has 0 heterocycles. The molecular weight excluding hydrogens is 460 g/mol. The molecular formula is C33H42O4. The molecule has 198 valence electrons. The molecule has 0 saturated heterocycles. The Hall–Kier alpha value is -3.14. The minimum atomic E-state index is -0.862. The lowest BCUT2D eigenvalue weighted by molar-refractivity contribution is -0.132. The highest BCUT2D eigenvalue weighted by molar-refractivity contribution is 5.92. The zero-order valence-electron chi connectivity index (χ0n) is 22.9. The first-order valence-corrected chi connectivity index (χ1v) is 13.9. The van der Waals surface area contributed by atoms with Crippen LogP contribution in [0.1, 0.15) is 101 Å². The van der Waals surface area contributed by atoms with Gasteiger partial charge in [-0.25, -0.2) is 9.59 Å². The van der Waals surface area contributed by atoms with Crippen LogP contribution in [0.25, 0.3) is 0 Å². The van der Waals surface area contributed by atoms with E-state index < -0.39 is 5.97 Å². The number of carboxylic acid groups (broad SMARTS) is 1. The summed E-state index contributed by atoms with van der Waals surface area (Å²) >= 11 is 0. The summed E-state index contributed by atoms with van der Waals surface area (Å²) in [5.41, 5.74) is 4.02. The molecule has 1 N–H and O–H groups in total. The quantitative estimate of drug-likeness (QED) is 0.169. The fourth-order valence-electron chi connectivity index (χ4n) is 5.37. The molecule has 0 spiro atoms. The number of allylic oxidation sites excluding steroid dienone is 2. The first kappa shape index (κ1) is 28.4. The summed E-state index contributed by atoms with van der Waals surface area (Å²) in [6, 6.07) is 15.5. The molecule has 0 bridgehead atoms. The lowest BCUT2D eigenvalue weighted by Crippen LogP contribution is -2.35. The van der Waals surface area contributed by atoms with Gasteiger partial charge in [-0.15, -0.1) is 0 Å². The second kappa shape index (κ2) is 13.4. The number of rotatable bonds is 13. The van der Waals surface area contributed by atoms with Crippen molar-refractivity contribution >= 4 is 11.9 Å². The molecule has 2 aromatic carbocycles. The van der Waals surface area contributed by atoms with Crippen molar-refractivity contribution in [2.45, 2.75) is 90.9 Å². The van der Waals surface area contributed by atoms with Crippen molar-refractivity contribution in [2.24, 2.45) is 5.92 Å². The van der Waals surface area contributed by atoms with E-state index in [1.165, 1.54) is 18.4 Å². The molecule has 37 heavy (non-hydrogen) atoms. The molecule has 0 amide bonds. The van der Waals surface area contributed by atoms with Crippen molar-refractivity contribution in [2.75, 3.05) is 0 Å². The van der Waals surface area contributed by atoms with E-state index in [1.54, 1.807) is 6.08 Å². The minimum absolute atomic E-state index is 0.282. The molecule has 0 aliphatic heterocycles. The SMILES string of the molecule is CCCCCc1ccc(C(=O)Oc2ccc([C@]3(C(C)CCCC)C=CC(C(=O)O)=C(CC)C3)cc2)cc1. The number of hydrogen-bond donors (Lipinski definition) is 1. The molecule has 0 radical (unpaired) electrons. The van der Waals surface area contributed by atoms with Crippen LogP contribution in [0.5, 0.6) is 5.75 Å². The number of hydrogen-bond acceptors (Lipinski definition) is 3. The third kappa shape index (κ3) is 7.00. The number of esters is 1. The van der Waals surface area contributed by atoms with Crippen molar-refractivity contribution in [3.8, 4) is 5.75 Å². The van der Waals surface area contributed by atoms with Crippen LogP contribution < -0.4 is 4.74 Å². The third-order valence-corrected chi connectivity index (χ3v) is 7.82. The van der Waals surface area contributed by atoms with Crippen molar-refractivity contribution in [3.05, 3.63) is 88.5 Å². The number of carboxylic acids is 1. The third-order valence-electron chi connectivity index (χ3n) is 7.82. The number of carbonyl (C=O) groups is 2. The Bertz CT molecular complexity index is 1110. The average molecular weight is 503 g/mol. The van der Waals surface area contributed by atoms with E-state index in [0.717, 1.165) is 43.2 Å². The molecule has 1 unspecified atom stereocenters. The van der Waals surface area contributed by atoms with Crippen molar-refractivity contribution < 1.29 is 19.4 Å². The lowest BCUT2D eigenvalue weighted by Gasteiger charge is -2.41. The zero-order valence-corrected chi connectivity index (χ0v) is 22.9. The summed E-state index contributed by atoms with van der Waals surface area (Å²) in [5, 5.41) is 9.68. The Morgan fingerprint density at radius 2 is 1.62 bits per heavy atom. The van der Waals surface area contributed by atoms with Crippen molar-refractivity contribution in [3.63, 3.8) is 0 Å². The second-order valence-electron chi connectivity index (χ2n) is 10.3. The molecule has 4 nitrogen and oxygen atoms in total. The lowest BCUT2D eigenvalue weighted by atomic mass is 9.63. The normalized spacial score (nSPS) is 18.1. The Kier molecular flexibility index (Phi) is 10.3. The summed E-state index contributed by atoms with van der Waals surface area (Å²) in [7, 11) is 0. The molecule has 0 fully saturated rings. The predicted molar refractivity (Wildman–Crippen MR) is 150 cm³/mol. The van der Waals surface area contributed by atoms with Gasteiger partial charge in [0, 0.05) is 5.41 Å². The monoisotopic (exact) mass is 502 g/mol. The van der Waals surface area contributed by atoms with E-state index in [4.69, 9.17) is 4.74 Å². The Balaban J connectivity index is 1.78. The molecule has 1 aliphatic rings. The van der Waals surface area contributed by atoms with E-state index in [9.17, 15) is 14.7 Å². The first-order valence-electron chi connectivity index (χ1n) is 13.9. The van der Waals surface area contributed by atoms with Crippen LogP contribution in [0.2, 0.25) is 0 Å². The maximum absolute atomic E-state index is 12.7. The fourth-order valence-corrected chi connectivity index (χ4v) is 5.37. The van der Waals surface area contributed by atoms with E-state index >= 15 is 0 Å². The van der Waals surface area contributed by atoms with Crippen molar-refractivity contribution in [1.29, 1.82) is 0 Å². The number of ether oxygens (including phenoxy) is 1. The molecule has 2 atom stereocenters. The van der Waals surface area contributed by atoms with Crippen LogP contribution >= 0.6 is 0 Å². The van der Waals surface area contributed by atoms with Gasteiger partial charge in [0.1, 0.15) is 5.75 Å². The standard InChI is InChI=1S/C33H42O4/c1-5-8-10-12-25-13-15-27(16-14-25)32(36)37-29-19-17-28(18-20-29)33(24(4)11-9-6-2)22-21-30(31(34)35)26(7-3)23-33/h13-22,24H,5-12,23H2,1-4H3,(H,34,35)/t24?,33-/m1/s1. The second-order valence-corrected chi connectivity index (χ2v) is 10.3. The smallest absolute Gasteiger partial charge is 0.343 e. The zero-order chi connectivity index (χ0) is 26.8. The molecule has 0 aromatic heterocycles. The van der Waals surface area contributed by atoms with Gasteiger partial charge in [-0.1, -0.05) is 95.4 Å². The van der Waals surface area contributed by atoms with Gasteiger partial charge in [0.05, 0.1) is 11.1 Å². The van der Waals surface area contributed by atoms with Crippen LogP contribution in [-0.4, -0.2) is 17.0 Å². The predicted octanol–water partition coefficient (Wildman–Crippen LogP) is 8.45. The number of aryl methyl sites for hydroxylation is 1. The van der Waals surface area contributed by atoms with Gasteiger partial charge in [0.15, 0.2) is 0 Å². The van der Waals surface area contributed by atoms with Gasteiger partial charge in [0.25, 0.3) is 0 Å². The number of unbranched alkanes of at least 4 members (excludes halogenated alkanes) is 3. The van der Waals surface area contributed by atoms with E-state index in [-0.39, 0.29) is 11.4 Å². The summed E-state index contributed by atoms with van der Waals surface area (Å²) in [4.78, 5) is 24.5. The van der Waals surface area contributed by atoms with Crippen LogP contribution in [-0.2, 0) is 16.6 Å². The Labute approximate surface area is 222 Å². The van der Waals surface area contributed by atoms with Crippen LogP contribution in [0.4, 0.5) is 0 Å². The fraction of sp³-hybridized carbons (Fsp3) is 0.455. The maximum Gasteiger partial charge on any atom is 0.343 e. The minimum Gasteiger partial charge on any atom is -0.478 e.